The Labute approximate surface area is 177 Å². The van der Waals surface area contributed by atoms with Crippen LogP contribution in [0.15, 0.2) is 36.4 Å². The molecule has 1 aliphatic carbocycles. The Morgan fingerprint density at radius 1 is 1.14 bits per heavy atom. The highest BCUT2D eigenvalue weighted by atomic mass is 32.1. The van der Waals surface area contributed by atoms with E-state index in [0.717, 1.165) is 56.0 Å². The van der Waals surface area contributed by atoms with Crippen molar-refractivity contribution in [1.82, 2.24) is 10.2 Å². The Bertz CT molecular complexity index is 853. The highest BCUT2D eigenvalue weighted by Crippen LogP contribution is 2.33. The number of benzene rings is 1. The lowest BCUT2D eigenvalue weighted by atomic mass is 9.90. The summed E-state index contributed by atoms with van der Waals surface area (Å²) in [5, 5.41) is 3.16. The fourth-order valence-corrected chi connectivity index (χ4v) is 5.57. The predicted octanol–water partition coefficient (Wildman–Crippen LogP) is 4.23. The summed E-state index contributed by atoms with van der Waals surface area (Å²) in [4.78, 5) is 29.5. The van der Waals surface area contributed by atoms with E-state index in [-0.39, 0.29) is 17.9 Å². The maximum absolute atomic E-state index is 12.9. The van der Waals surface area contributed by atoms with Gasteiger partial charge in [-0.2, -0.15) is 0 Å². The lowest BCUT2D eigenvalue weighted by molar-refractivity contribution is -0.122. The molecule has 5 heteroatoms. The number of nitrogens with zero attached hydrogens (tertiary/aromatic N) is 1. The van der Waals surface area contributed by atoms with Crippen LogP contribution in [0.1, 0.15) is 58.3 Å². The third-order valence-corrected chi connectivity index (χ3v) is 7.40. The molecule has 4 nitrogen and oxygen atoms in total. The van der Waals surface area contributed by atoms with E-state index in [0.29, 0.717) is 6.42 Å². The van der Waals surface area contributed by atoms with Crippen LogP contribution in [0.25, 0.3) is 0 Å². The number of rotatable bonds is 5. The van der Waals surface area contributed by atoms with Crippen molar-refractivity contribution >= 4 is 23.2 Å². The first-order valence-corrected chi connectivity index (χ1v) is 11.6. The molecule has 1 atom stereocenters. The number of carbonyl (C=O) groups excluding carboxylic acids is 2. The van der Waals surface area contributed by atoms with Gasteiger partial charge in [-0.1, -0.05) is 37.3 Å². The van der Waals surface area contributed by atoms with Crippen LogP contribution in [0.3, 0.4) is 0 Å². The maximum Gasteiger partial charge on any atom is 0.263 e. The quantitative estimate of drug-likeness (QED) is 0.802. The summed E-state index contributed by atoms with van der Waals surface area (Å²) in [6.07, 6.45) is 6.42. The number of hydrogen-bond acceptors (Lipinski definition) is 3. The van der Waals surface area contributed by atoms with Crippen LogP contribution in [0.5, 0.6) is 0 Å². The SMILES string of the molecule is CC1CCc2sc(C(=O)N3CCC(NC(=O)CCc4ccccc4)CC3)cc2C1. The summed E-state index contributed by atoms with van der Waals surface area (Å²) in [7, 11) is 0. The van der Waals surface area contributed by atoms with Gasteiger partial charge < -0.3 is 10.2 Å². The van der Waals surface area contributed by atoms with Gasteiger partial charge in [0.1, 0.15) is 0 Å². The molecule has 2 amide bonds. The van der Waals surface area contributed by atoms with Crippen LogP contribution in [-0.2, 0) is 24.1 Å². The maximum atomic E-state index is 12.9. The van der Waals surface area contributed by atoms with Gasteiger partial charge in [-0.25, -0.2) is 0 Å². The molecule has 1 aromatic carbocycles. The van der Waals surface area contributed by atoms with E-state index >= 15 is 0 Å². The summed E-state index contributed by atoms with van der Waals surface area (Å²) in [6, 6.07) is 12.4. The van der Waals surface area contributed by atoms with E-state index in [1.807, 2.05) is 23.1 Å². The fourth-order valence-electron chi connectivity index (χ4n) is 4.40. The largest absolute Gasteiger partial charge is 0.353 e. The van der Waals surface area contributed by atoms with E-state index in [9.17, 15) is 9.59 Å². The van der Waals surface area contributed by atoms with Gasteiger partial charge in [-0.3, -0.25) is 9.59 Å². The zero-order valence-electron chi connectivity index (χ0n) is 17.2. The molecule has 1 saturated heterocycles. The summed E-state index contributed by atoms with van der Waals surface area (Å²) >= 11 is 1.69. The molecule has 29 heavy (non-hydrogen) atoms. The minimum absolute atomic E-state index is 0.110. The molecule has 154 valence electrons. The average Bonchev–Trinajstić information content (AvgIpc) is 3.16. The van der Waals surface area contributed by atoms with E-state index in [2.05, 4.69) is 30.4 Å². The molecule has 1 aromatic heterocycles. The van der Waals surface area contributed by atoms with Gasteiger partial charge in [0.25, 0.3) is 5.91 Å². The molecule has 2 aliphatic rings. The number of fused-ring (bicyclic) bond motifs is 1. The second-order valence-electron chi connectivity index (χ2n) is 8.53. The molecule has 2 heterocycles. The van der Waals surface area contributed by atoms with Crippen molar-refractivity contribution < 1.29 is 9.59 Å². The molecule has 1 unspecified atom stereocenters. The molecule has 1 aliphatic heterocycles. The zero-order valence-corrected chi connectivity index (χ0v) is 18.0. The van der Waals surface area contributed by atoms with Crippen LogP contribution in [0.2, 0.25) is 0 Å². The van der Waals surface area contributed by atoms with E-state index in [1.165, 1.54) is 22.4 Å². The molecule has 0 saturated carbocycles. The van der Waals surface area contributed by atoms with Crippen LogP contribution >= 0.6 is 11.3 Å². The molecule has 4 rings (SSSR count). The zero-order chi connectivity index (χ0) is 20.2. The van der Waals surface area contributed by atoms with Crippen molar-refractivity contribution in [3.05, 3.63) is 57.3 Å². The Hall–Kier alpha value is -2.14. The first-order chi connectivity index (χ1) is 14.1. The monoisotopic (exact) mass is 410 g/mol. The second-order valence-corrected chi connectivity index (χ2v) is 9.66. The summed E-state index contributed by atoms with van der Waals surface area (Å²) < 4.78 is 0. The minimum atomic E-state index is 0.110. The Morgan fingerprint density at radius 2 is 1.90 bits per heavy atom. The number of carbonyl (C=O) groups is 2. The highest BCUT2D eigenvalue weighted by molar-refractivity contribution is 7.14. The number of thiophene rings is 1. The Morgan fingerprint density at radius 3 is 2.66 bits per heavy atom. The molecule has 2 aromatic rings. The molecule has 1 N–H and O–H groups in total. The van der Waals surface area contributed by atoms with Gasteiger partial charge in [0.2, 0.25) is 5.91 Å². The summed E-state index contributed by atoms with van der Waals surface area (Å²) in [5.41, 5.74) is 2.58. The van der Waals surface area contributed by atoms with Gasteiger partial charge in [-0.05, 0) is 61.6 Å². The van der Waals surface area contributed by atoms with Gasteiger partial charge >= 0.3 is 0 Å². The molecule has 0 radical (unpaired) electrons. The molecular formula is C24H30N2O2S. The van der Waals surface area contributed by atoms with Gasteiger partial charge in [0, 0.05) is 30.4 Å². The number of amides is 2. The van der Waals surface area contributed by atoms with Gasteiger partial charge in [-0.15, -0.1) is 11.3 Å². The van der Waals surface area contributed by atoms with Crippen LogP contribution < -0.4 is 5.32 Å². The molecule has 0 spiro atoms. The van der Waals surface area contributed by atoms with E-state index < -0.39 is 0 Å². The number of hydrogen-bond donors (Lipinski definition) is 1. The van der Waals surface area contributed by atoms with E-state index in [4.69, 9.17) is 0 Å². The van der Waals surface area contributed by atoms with Crippen LogP contribution in [-0.4, -0.2) is 35.8 Å². The molecule has 0 bridgehead atoms. The predicted molar refractivity (Wildman–Crippen MR) is 117 cm³/mol. The van der Waals surface area contributed by atoms with Crippen molar-refractivity contribution in [3.63, 3.8) is 0 Å². The number of likely N-dealkylation sites (tertiary alicyclic amines) is 1. The van der Waals surface area contributed by atoms with Gasteiger partial charge in [0.05, 0.1) is 4.88 Å². The Kier molecular flexibility index (Phi) is 6.34. The fraction of sp³-hybridized carbons (Fsp3) is 0.500. The first-order valence-electron chi connectivity index (χ1n) is 10.8. The van der Waals surface area contributed by atoms with Crippen molar-refractivity contribution in [2.75, 3.05) is 13.1 Å². The normalized spacial score (nSPS) is 19.6. The van der Waals surface area contributed by atoms with Crippen LogP contribution in [0, 0.1) is 5.92 Å². The minimum Gasteiger partial charge on any atom is -0.353 e. The lowest BCUT2D eigenvalue weighted by Gasteiger charge is -2.32. The second kappa shape index (κ2) is 9.12. The van der Waals surface area contributed by atoms with Crippen LogP contribution in [0.4, 0.5) is 0 Å². The molecular weight excluding hydrogens is 380 g/mol. The standard InChI is InChI=1S/C24H30N2O2S/c1-17-7-9-21-19(15-17)16-22(29-21)24(28)26-13-11-20(12-14-26)25-23(27)10-8-18-5-3-2-4-6-18/h2-6,16-17,20H,7-15H2,1H3,(H,25,27). The first kappa shape index (κ1) is 20.1. The number of piperidine rings is 1. The number of aryl methyl sites for hydroxylation is 2. The average molecular weight is 411 g/mol. The Balaban J connectivity index is 1.24. The summed E-state index contributed by atoms with van der Waals surface area (Å²) in [5.74, 6) is 1.01. The smallest absolute Gasteiger partial charge is 0.263 e. The highest BCUT2D eigenvalue weighted by Gasteiger charge is 2.27. The topological polar surface area (TPSA) is 49.4 Å². The van der Waals surface area contributed by atoms with Crippen molar-refractivity contribution in [1.29, 1.82) is 0 Å². The van der Waals surface area contributed by atoms with Crippen molar-refractivity contribution in [2.45, 2.75) is 57.9 Å². The number of nitrogens with one attached hydrogen (secondary N) is 1. The van der Waals surface area contributed by atoms with Gasteiger partial charge in [0.15, 0.2) is 0 Å². The lowest BCUT2D eigenvalue weighted by Crippen LogP contribution is -2.46. The third-order valence-electron chi connectivity index (χ3n) is 6.17. The van der Waals surface area contributed by atoms with Crippen molar-refractivity contribution in [3.8, 4) is 0 Å². The van der Waals surface area contributed by atoms with Crippen molar-refractivity contribution in [2.24, 2.45) is 5.92 Å². The van der Waals surface area contributed by atoms with E-state index in [1.54, 1.807) is 11.3 Å². The third kappa shape index (κ3) is 5.08. The molecule has 1 fully saturated rings. The summed E-state index contributed by atoms with van der Waals surface area (Å²) in [6.45, 7) is 3.74.